The van der Waals surface area contributed by atoms with E-state index in [2.05, 4.69) is 78.5 Å². The molecular formula is C22H29Br2IN4O5. The number of aliphatic hydroxyl groups excluding tert-OH is 1. The van der Waals surface area contributed by atoms with Crippen LogP contribution in [0.1, 0.15) is 44.9 Å². The van der Waals surface area contributed by atoms with Gasteiger partial charge in [0.25, 0.3) is 5.54 Å². The van der Waals surface area contributed by atoms with Crippen molar-refractivity contribution in [3.63, 3.8) is 0 Å². The zero-order chi connectivity index (χ0) is 26.7. The largest absolute Gasteiger partial charge is 0.468 e. The highest BCUT2D eigenvalue weighted by molar-refractivity contribution is 14.1. The molecule has 0 spiro atoms. The van der Waals surface area contributed by atoms with Crippen molar-refractivity contribution in [3.8, 4) is 6.07 Å². The SMILES string of the molecule is BrCCBr.COC(=O)CC#N.[C-]#[N+]C1(C(=O)OC)CC1.[C-]#[N+]C1(CI)CC1.[C-]#[N+]C1(CO)CC1. The number of aliphatic hydroxyl groups is 1. The van der Waals surface area contributed by atoms with Gasteiger partial charge in [-0.15, -0.1) is 0 Å². The fraction of sp³-hybridized carbons (Fsp3) is 0.727. The summed E-state index contributed by atoms with van der Waals surface area (Å²) in [4.78, 5) is 30.6. The number of carbonyl (C=O) groups excluding carboxylic acids is 2. The minimum atomic E-state index is -0.769. The number of hydrogen-bond acceptors (Lipinski definition) is 6. The topological polar surface area (TPSA) is 110 Å². The van der Waals surface area contributed by atoms with Gasteiger partial charge in [0.15, 0.2) is 0 Å². The Hall–Kier alpha value is -1.45. The van der Waals surface area contributed by atoms with Crippen molar-refractivity contribution in [2.45, 2.75) is 61.6 Å². The average molecular weight is 716 g/mol. The van der Waals surface area contributed by atoms with Gasteiger partial charge >= 0.3 is 17.5 Å². The van der Waals surface area contributed by atoms with Gasteiger partial charge in [0.2, 0.25) is 5.54 Å². The van der Waals surface area contributed by atoms with Crippen LogP contribution in [-0.2, 0) is 19.1 Å². The van der Waals surface area contributed by atoms with Crippen molar-refractivity contribution >= 4 is 66.4 Å². The third-order valence-corrected chi connectivity index (χ3v) is 7.97. The van der Waals surface area contributed by atoms with Gasteiger partial charge < -0.3 is 24.3 Å². The summed E-state index contributed by atoms with van der Waals surface area (Å²) in [5, 5.41) is 18.4. The van der Waals surface area contributed by atoms with E-state index >= 15 is 0 Å². The Morgan fingerprint density at radius 2 is 1.44 bits per heavy atom. The quantitative estimate of drug-likeness (QED) is 0.190. The van der Waals surface area contributed by atoms with Gasteiger partial charge in [0, 0.05) is 49.2 Å². The summed E-state index contributed by atoms with van der Waals surface area (Å²) in [5.41, 5.74) is -0.977. The molecule has 1 N–H and O–H groups in total. The second-order valence-electron chi connectivity index (χ2n) is 7.39. The minimum Gasteiger partial charge on any atom is -0.468 e. The summed E-state index contributed by atoms with van der Waals surface area (Å²) in [5.74, 6) is -0.861. The fourth-order valence-electron chi connectivity index (χ4n) is 1.68. The van der Waals surface area contributed by atoms with Crippen LogP contribution < -0.4 is 0 Å². The Labute approximate surface area is 232 Å². The standard InChI is InChI=1S/C6H7NO2.C5H6IN.C5H7NO.C4H5NO2.C2H4Br2/c1-7-6(3-4-6)5(8)9-2;1-7-5(4-6)2-3-5;1-6-5(4-7)2-3-5;1-7-4(6)2-3-5;3-1-2-4/h3-4H2,2H3;2-4H2;7H,2-4H2;2H2,1H3;1-2H2. The molecule has 0 aromatic carbocycles. The first kappa shape index (κ1) is 34.7. The monoisotopic (exact) mass is 714 g/mol. The summed E-state index contributed by atoms with van der Waals surface area (Å²) in [7, 11) is 2.56. The van der Waals surface area contributed by atoms with Crippen LogP contribution in [0.25, 0.3) is 14.5 Å². The number of hydrogen-bond donors (Lipinski definition) is 1. The van der Waals surface area contributed by atoms with Crippen molar-refractivity contribution < 1.29 is 24.2 Å². The van der Waals surface area contributed by atoms with Crippen LogP contribution in [-0.4, -0.2) is 69.6 Å². The highest BCUT2D eigenvalue weighted by Crippen LogP contribution is 2.41. The minimum absolute atomic E-state index is 0.0521. The van der Waals surface area contributed by atoms with Gasteiger partial charge in [0.05, 0.1) is 24.7 Å². The molecule has 34 heavy (non-hydrogen) atoms. The summed E-state index contributed by atoms with van der Waals surface area (Å²) in [6.45, 7) is 19.9. The highest BCUT2D eigenvalue weighted by atomic mass is 127. The summed E-state index contributed by atoms with van der Waals surface area (Å²) in [6, 6.07) is 1.64. The number of esters is 2. The first-order valence-electron chi connectivity index (χ1n) is 10.1. The van der Waals surface area contributed by atoms with Crippen LogP contribution in [0.3, 0.4) is 0 Å². The molecule has 188 valence electrons. The van der Waals surface area contributed by atoms with E-state index in [1.54, 1.807) is 6.07 Å². The Morgan fingerprint density at radius 3 is 1.50 bits per heavy atom. The molecule has 0 saturated heterocycles. The first-order valence-corrected chi connectivity index (χ1v) is 13.9. The molecule has 12 heteroatoms. The number of nitriles is 1. The normalized spacial score (nSPS) is 17.2. The molecule has 0 unspecified atom stereocenters. The summed E-state index contributed by atoms with van der Waals surface area (Å²) < 4.78 is 9.57. The van der Waals surface area contributed by atoms with E-state index in [4.69, 9.17) is 30.1 Å². The summed E-state index contributed by atoms with van der Waals surface area (Å²) in [6.07, 6.45) is 5.25. The molecule has 3 saturated carbocycles. The second-order valence-corrected chi connectivity index (χ2v) is 9.74. The molecule has 0 aromatic rings. The van der Waals surface area contributed by atoms with Crippen LogP contribution in [0.15, 0.2) is 0 Å². The Morgan fingerprint density at radius 1 is 0.971 bits per heavy atom. The third kappa shape index (κ3) is 14.7. The van der Waals surface area contributed by atoms with E-state index in [0.717, 1.165) is 40.8 Å². The van der Waals surface area contributed by atoms with Gasteiger partial charge in [-0.3, -0.25) is 9.64 Å². The molecule has 0 aliphatic heterocycles. The molecule has 0 aromatic heterocycles. The first-order chi connectivity index (χ1) is 16.1. The maximum Gasteiger partial charge on any atom is 0.393 e. The number of halogens is 3. The van der Waals surface area contributed by atoms with E-state index in [9.17, 15) is 9.59 Å². The van der Waals surface area contributed by atoms with E-state index in [1.165, 1.54) is 14.2 Å². The molecule has 0 bridgehead atoms. The zero-order valence-electron chi connectivity index (χ0n) is 19.3. The van der Waals surface area contributed by atoms with Gasteiger partial charge in [-0.1, -0.05) is 54.5 Å². The highest BCUT2D eigenvalue weighted by Gasteiger charge is 2.59. The van der Waals surface area contributed by atoms with Crippen LogP contribution in [0.4, 0.5) is 0 Å². The molecule has 0 amide bonds. The van der Waals surface area contributed by atoms with Gasteiger partial charge in [-0.05, 0) is 0 Å². The lowest BCUT2D eigenvalue weighted by Crippen LogP contribution is -2.19. The number of methoxy groups -OCH3 is 2. The van der Waals surface area contributed by atoms with Crippen molar-refractivity contribution in [2.24, 2.45) is 0 Å². The second kappa shape index (κ2) is 18.8. The molecule has 0 radical (unpaired) electrons. The van der Waals surface area contributed by atoms with Crippen LogP contribution in [0.2, 0.25) is 0 Å². The maximum absolute atomic E-state index is 10.7. The molecule has 0 heterocycles. The molecule has 3 fully saturated rings. The Balaban J connectivity index is 0. The Bertz CT molecular complexity index is 770. The number of nitrogens with zero attached hydrogens (tertiary/aromatic N) is 4. The predicted molar refractivity (Wildman–Crippen MR) is 144 cm³/mol. The number of ether oxygens (including phenoxy) is 2. The zero-order valence-corrected chi connectivity index (χ0v) is 24.6. The Kier molecular flexibility index (Phi) is 19.2. The van der Waals surface area contributed by atoms with Crippen molar-refractivity contribution in [1.82, 2.24) is 0 Å². The average Bonchev–Trinajstić information content (AvgIpc) is 3.76. The molecule has 3 aliphatic carbocycles. The van der Waals surface area contributed by atoms with Crippen LogP contribution in [0, 0.1) is 31.0 Å². The van der Waals surface area contributed by atoms with Crippen molar-refractivity contribution in [3.05, 3.63) is 34.3 Å². The van der Waals surface area contributed by atoms with Crippen molar-refractivity contribution in [1.29, 1.82) is 5.26 Å². The van der Waals surface area contributed by atoms with E-state index < -0.39 is 11.5 Å². The number of rotatable bonds is 5. The van der Waals surface area contributed by atoms with E-state index in [-0.39, 0.29) is 30.1 Å². The van der Waals surface area contributed by atoms with Crippen LogP contribution >= 0.6 is 54.5 Å². The molecule has 9 nitrogen and oxygen atoms in total. The van der Waals surface area contributed by atoms with Crippen molar-refractivity contribution in [2.75, 3.05) is 35.9 Å². The van der Waals surface area contributed by atoms with Crippen LogP contribution in [0.5, 0.6) is 0 Å². The van der Waals surface area contributed by atoms with Gasteiger partial charge in [-0.2, -0.15) is 5.26 Å². The lowest BCUT2D eigenvalue weighted by molar-refractivity contribution is -0.142. The number of alkyl halides is 3. The smallest absolute Gasteiger partial charge is 0.393 e. The van der Waals surface area contributed by atoms with Gasteiger partial charge in [0.1, 0.15) is 13.0 Å². The predicted octanol–water partition coefficient (Wildman–Crippen LogP) is 4.76. The third-order valence-electron chi connectivity index (χ3n) is 4.70. The maximum atomic E-state index is 10.7. The molecular weight excluding hydrogens is 687 g/mol. The fourth-order valence-corrected chi connectivity index (χ4v) is 2.61. The molecule has 3 aliphatic rings. The lowest BCUT2D eigenvalue weighted by atomic mass is 10.3. The van der Waals surface area contributed by atoms with Gasteiger partial charge in [-0.25, -0.2) is 24.5 Å². The lowest BCUT2D eigenvalue weighted by Gasteiger charge is -1.96. The van der Waals surface area contributed by atoms with E-state index in [1.807, 2.05) is 0 Å². The molecule has 3 rings (SSSR count). The summed E-state index contributed by atoms with van der Waals surface area (Å²) >= 11 is 8.68. The van der Waals surface area contributed by atoms with E-state index in [0.29, 0.717) is 12.8 Å². The number of carbonyl (C=O) groups is 2. The molecule has 0 atom stereocenters.